The van der Waals surface area contributed by atoms with Crippen molar-refractivity contribution in [2.75, 3.05) is 19.6 Å². The molecule has 0 radical (unpaired) electrons. The molecule has 2 aliphatic carbocycles. The minimum atomic E-state index is 0.624. The maximum absolute atomic E-state index is 2.83. The summed E-state index contributed by atoms with van der Waals surface area (Å²) in [6.45, 7) is 11.5. The second-order valence-corrected chi connectivity index (χ2v) is 9.55. The summed E-state index contributed by atoms with van der Waals surface area (Å²) in [5.41, 5.74) is 1.40. The Morgan fingerprint density at radius 1 is 0.955 bits per heavy atom. The Hall–Kier alpha value is -0.0800. The molecule has 2 nitrogen and oxygen atoms in total. The number of hydrogen-bond donors (Lipinski definition) is 0. The van der Waals surface area contributed by atoms with Crippen LogP contribution < -0.4 is 0 Å². The van der Waals surface area contributed by atoms with Crippen LogP contribution in [0.5, 0.6) is 0 Å². The first-order valence-electron chi connectivity index (χ1n) is 10.0. The van der Waals surface area contributed by atoms with Gasteiger partial charge in [-0.3, -0.25) is 4.90 Å². The summed E-state index contributed by atoms with van der Waals surface area (Å²) in [6, 6.07) is 1.58. The van der Waals surface area contributed by atoms with Crippen molar-refractivity contribution in [3.63, 3.8) is 0 Å². The van der Waals surface area contributed by atoms with Gasteiger partial charge in [-0.05, 0) is 96.6 Å². The number of rotatable bonds is 4. The van der Waals surface area contributed by atoms with E-state index in [2.05, 4.69) is 30.6 Å². The predicted octanol–water partition coefficient (Wildman–Crippen LogP) is 4.29. The van der Waals surface area contributed by atoms with E-state index in [4.69, 9.17) is 0 Å². The highest BCUT2D eigenvalue weighted by molar-refractivity contribution is 5.07. The summed E-state index contributed by atoms with van der Waals surface area (Å²) in [7, 11) is 0. The lowest BCUT2D eigenvalue weighted by atomic mass is 9.64. The molecule has 4 rings (SSSR count). The zero-order valence-electron chi connectivity index (χ0n) is 15.1. The molecule has 2 saturated carbocycles. The third-order valence-electron chi connectivity index (χ3n) is 7.79. The zero-order chi connectivity index (χ0) is 15.4. The van der Waals surface area contributed by atoms with Crippen LogP contribution in [0.2, 0.25) is 0 Å². The molecule has 0 aromatic heterocycles. The molecule has 2 heteroatoms. The number of nitrogens with zero attached hydrogens (tertiary/aromatic N) is 2. The molecule has 1 unspecified atom stereocenters. The average Bonchev–Trinajstić information content (AvgIpc) is 3.01. The molecule has 0 amide bonds. The minimum Gasteiger partial charge on any atom is -0.300 e. The summed E-state index contributed by atoms with van der Waals surface area (Å²) < 4.78 is 0. The SMILES string of the molecule is CC(CC1CC2(CCCN2C(C)C)C1)N1CCC2(CCC2)C1. The van der Waals surface area contributed by atoms with Crippen LogP contribution in [0.3, 0.4) is 0 Å². The molecular weight excluding hydrogens is 268 g/mol. The molecule has 22 heavy (non-hydrogen) atoms. The summed E-state index contributed by atoms with van der Waals surface area (Å²) in [6.07, 6.45) is 13.4. The van der Waals surface area contributed by atoms with Crippen molar-refractivity contribution in [2.24, 2.45) is 11.3 Å². The van der Waals surface area contributed by atoms with Gasteiger partial charge in [-0.25, -0.2) is 0 Å². The summed E-state index contributed by atoms with van der Waals surface area (Å²) in [4.78, 5) is 5.66. The van der Waals surface area contributed by atoms with Crippen LogP contribution in [-0.4, -0.2) is 47.1 Å². The first-order chi connectivity index (χ1) is 10.5. The highest BCUT2D eigenvalue weighted by Crippen LogP contribution is 2.52. The van der Waals surface area contributed by atoms with Crippen molar-refractivity contribution in [1.29, 1.82) is 0 Å². The van der Waals surface area contributed by atoms with Gasteiger partial charge in [-0.1, -0.05) is 6.42 Å². The van der Waals surface area contributed by atoms with Crippen LogP contribution >= 0.6 is 0 Å². The monoisotopic (exact) mass is 304 g/mol. The van der Waals surface area contributed by atoms with Crippen LogP contribution in [0.25, 0.3) is 0 Å². The van der Waals surface area contributed by atoms with Gasteiger partial charge in [0.25, 0.3) is 0 Å². The van der Waals surface area contributed by atoms with Crippen molar-refractivity contribution in [3.8, 4) is 0 Å². The van der Waals surface area contributed by atoms with E-state index in [0.717, 1.165) is 23.4 Å². The molecule has 0 N–H and O–H groups in total. The van der Waals surface area contributed by atoms with E-state index >= 15 is 0 Å². The second kappa shape index (κ2) is 5.48. The van der Waals surface area contributed by atoms with E-state index in [-0.39, 0.29) is 0 Å². The Labute approximate surface area is 137 Å². The van der Waals surface area contributed by atoms with Gasteiger partial charge in [-0.15, -0.1) is 0 Å². The first-order valence-corrected chi connectivity index (χ1v) is 10.0. The van der Waals surface area contributed by atoms with Crippen LogP contribution in [0, 0.1) is 11.3 Å². The standard InChI is InChI=1S/C20H36N2/c1-16(2)22-10-5-8-20(22)13-18(14-20)12-17(3)21-11-9-19(15-21)6-4-7-19/h16-18H,4-15H2,1-3H3. The summed E-state index contributed by atoms with van der Waals surface area (Å²) in [5.74, 6) is 1.01. The summed E-state index contributed by atoms with van der Waals surface area (Å²) >= 11 is 0. The van der Waals surface area contributed by atoms with Gasteiger partial charge >= 0.3 is 0 Å². The Morgan fingerprint density at radius 3 is 2.32 bits per heavy atom. The minimum absolute atomic E-state index is 0.624. The highest BCUT2D eigenvalue weighted by Gasteiger charge is 2.52. The maximum Gasteiger partial charge on any atom is 0.0218 e. The van der Waals surface area contributed by atoms with Crippen molar-refractivity contribution in [2.45, 2.75) is 96.2 Å². The van der Waals surface area contributed by atoms with Crippen molar-refractivity contribution < 1.29 is 0 Å². The van der Waals surface area contributed by atoms with Crippen LogP contribution in [0.1, 0.15) is 78.6 Å². The zero-order valence-corrected chi connectivity index (χ0v) is 15.1. The summed E-state index contributed by atoms with van der Waals surface area (Å²) in [5, 5.41) is 0. The van der Waals surface area contributed by atoms with Gasteiger partial charge < -0.3 is 4.90 Å². The Kier molecular flexibility index (Phi) is 3.85. The van der Waals surface area contributed by atoms with E-state index in [1.807, 2.05) is 0 Å². The van der Waals surface area contributed by atoms with E-state index in [1.165, 1.54) is 77.4 Å². The van der Waals surface area contributed by atoms with E-state index in [0.29, 0.717) is 5.54 Å². The van der Waals surface area contributed by atoms with E-state index < -0.39 is 0 Å². The third-order valence-corrected chi connectivity index (χ3v) is 7.79. The van der Waals surface area contributed by atoms with Gasteiger partial charge in [0.15, 0.2) is 0 Å². The predicted molar refractivity (Wildman–Crippen MR) is 93.1 cm³/mol. The van der Waals surface area contributed by atoms with Gasteiger partial charge in [0.2, 0.25) is 0 Å². The smallest absolute Gasteiger partial charge is 0.0218 e. The van der Waals surface area contributed by atoms with Gasteiger partial charge in [-0.2, -0.15) is 0 Å². The van der Waals surface area contributed by atoms with Gasteiger partial charge in [0.1, 0.15) is 0 Å². The molecule has 1 atom stereocenters. The molecule has 4 aliphatic rings. The van der Waals surface area contributed by atoms with E-state index in [9.17, 15) is 0 Å². The topological polar surface area (TPSA) is 6.48 Å². The molecular formula is C20H36N2. The molecule has 2 heterocycles. The van der Waals surface area contributed by atoms with Gasteiger partial charge in [0, 0.05) is 24.2 Å². The second-order valence-electron chi connectivity index (χ2n) is 9.55. The lowest BCUT2D eigenvalue weighted by Crippen LogP contribution is -2.56. The van der Waals surface area contributed by atoms with Crippen LogP contribution in [0.4, 0.5) is 0 Å². The Balaban J connectivity index is 1.27. The highest BCUT2D eigenvalue weighted by atomic mass is 15.3. The fraction of sp³-hybridized carbons (Fsp3) is 1.00. The fourth-order valence-electron chi connectivity index (χ4n) is 6.45. The van der Waals surface area contributed by atoms with Crippen molar-refractivity contribution in [1.82, 2.24) is 9.80 Å². The molecule has 4 fully saturated rings. The number of likely N-dealkylation sites (tertiary alicyclic amines) is 2. The lowest BCUT2D eigenvalue weighted by Gasteiger charge is -2.53. The maximum atomic E-state index is 2.83. The van der Waals surface area contributed by atoms with Crippen molar-refractivity contribution >= 4 is 0 Å². The molecule has 0 aromatic rings. The molecule has 0 aromatic carbocycles. The molecule has 2 spiro atoms. The quantitative estimate of drug-likeness (QED) is 0.764. The molecule has 126 valence electrons. The number of hydrogen-bond acceptors (Lipinski definition) is 2. The molecule has 0 bridgehead atoms. The van der Waals surface area contributed by atoms with Crippen LogP contribution in [-0.2, 0) is 0 Å². The normalized spacial score (nSPS) is 39.5. The fourth-order valence-corrected chi connectivity index (χ4v) is 6.45. The third kappa shape index (κ3) is 2.45. The average molecular weight is 305 g/mol. The van der Waals surface area contributed by atoms with Gasteiger partial charge in [0.05, 0.1) is 0 Å². The largest absolute Gasteiger partial charge is 0.300 e. The lowest BCUT2D eigenvalue weighted by molar-refractivity contribution is -0.0234. The Bertz CT molecular complexity index is 406. The Morgan fingerprint density at radius 2 is 1.73 bits per heavy atom. The molecule has 2 saturated heterocycles. The van der Waals surface area contributed by atoms with E-state index in [1.54, 1.807) is 0 Å². The first kappa shape index (κ1) is 15.4. The molecule has 2 aliphatic heterocycles. The van der Waals surface area contributed by atoms with Crippen LogP contribution in [0.15, 0.2) is 0 Å². The van der Waals surface area contributed by atoms with Crippen molar-refractivity contribution in [3.05, 3.63) is 0 Å².